The van der Waals surface area contributed by atoms with Gasteiger partial charge >= 0.3 is 0 Å². The molecule has 1 N–H and O–H groups in total. The molecule has 0 aromatic heterocycles. The third-order valence-electron chi connectivity index (χ3n) is 3.89. The Morgan fingerprint density at radius 1 is 1.10 bits per heavy atom. The van der Waals surface area contributed by atoms with Crippen LogP contribution in [0.25, 0.3) is 0 Å². The standard InChI is InChI=1S/C21H28N2O5S/c1-5-27-19-11-9-17(10-12-19)14-22-21(24)15-23(29(4,25)26)18-7-6-8-20(13-18)28-16(2)3/h6-13,16H,5,14-15H2,1-4H3,(H,22,24). The number of hydrogen-bond acceptors (Lipinski definition) is 5. The summed E-state index contributed by atoms with van der Waals surface area (Å²) < 4.78 is 36.6. The molecule has 0 heterocycles. The van der Waals surface area contributed by atoms with Gasteiger partial charge in [-0.15, -0.1) is 0 Å². The summed E-state index contributed by atoms with van der Waals surface area (Å²) in [5.74, 6) is 0.898. The summed E-state index contributed by atoms with van der Waals surface area (Å²) in [5, 5.41) is 2.75. The minimum atomic E-state index is -3.65. The lowest BCUT2D eigenvalue weighted by Gasteiger charge is -2.22. The highest BCUT2D eigenvalue weighted by Crippen LogP contribution is 2.24. The zero-order valence-electron chi connectivity index (χ0n) is 17.2. The van der Waals surface area contributed by atoms with Gasteiger partial charge in [-0.2, -0.15) is 0 Å². The van der Waals surface area contributed by atoms with Crippen LogP contribution in [0, 0.1) is 0 Å². The highest BCUT2D eigenvalue weighted by atomic mass is 32.2. The smallest absolute Gasteiger partial charge is 0.241 e. The first-order valence-corrected chi connectivity index (χ1v) is 11.3. The minimum absolute atomic E-state index is 0.0469. The van der Waals surface area contributed by atoms with Gasteiger partial charge in [0.25, 0.3) is 0 Å². The van der Waals surface area contributed by atoms with Crippen molar-refractivity contribution in [2.24, 2.45) is 0 Å². The summed E-state index contributed by atoms with van der Waals surface area (Å²) in [5.41, 5.74) is 1.27. The largest absolute Gasteiger partial charge is 0.494 e. The second kappa shape index (κ2) is 10.2. The zero-order chi connectivity index (χ0) is 21.4. The first kappa shape index (κ1) is 22.5. The Hall–Kier alpha value is -2.74. The number of carbonyl (C=O) groups is 1. The lowest BCUT2D eigenvalue weighted by atomic mass is 10.2. The molecule has 2 aromatic carbocycles. The number of amides is 1. The Morgan fingerprint density at radius 3 is 2.38 bits per heavy atom. The molecule has 0 fully saturated rings. The van der Waals surface area contributed by atoms with E-state index in [4.69, 9.17) is 9.47 Å². The van der Waals surface area contributed by atoms with Gasteiger partial charge in [0.2, 0.25) is 15.9 Å². The monoisotopic (exact) mass is 420 g/mol. The fourth-order valence-corrected chi connectivity index (χ4v) is 3.49. The van der Waals surface area contributed by atoms with Crippen LogP contribution in [0.2, 0.25) is 0 Å². The summed E-state index contributed by atoms with van der Waals surface area (Å²) in [7, 11) is -3.65. The van der Waals surface area contributed by atoms with Crippen molar-refractivity contribution >= 4 is 21.6 Å². The molecule has 2 rings (SSSR count). The lowest BCUT2D eigenvalue weighted by Crippen LogP contribution is -2.40. The van der Waals surface area contributed by atoms with Crippen molar-refractivity contribution in [1.29, 1.82) is 0 Å². The van der Waals surface area contributed by atoms with E-state index < -0.39 is 15.9 Å². The van der Waals surface area contributed by atoms with E-state index in [2.05, 4.69) is 5.32 Å². The van der Waals surface area contributed by atoms with E-state index in [1.165, 1.54) is 0 Å². The van der Waals surface area contributed by atoms with Gasteiger partial charge in [-0.05, 0) is 50.6 Å². The maximum absolute atomic E-state index is 12.4. The van der Waals surface area contributed by atoms with Crippen LogP contribution in [0.15, 0.2) is 48.5 Å². The van der Waals surface area contributed by atoms with E-state index in [0.29, 0.717) is 24.6 Å². The molecule has 0 radical (unpaired) electrons. The molecule has 0 saturated heterocycles. The van der Waals surface area contributed by atoms with Gasteiger partial charge in [-0.25, -0.2) is 8.42 Å². The molecule has 0 unspecified atom stereocenters. The fourth-order valence-electron chi connectivity index (χ4n) is 2.64. The van der Waals surface area contributed by atoms with Gasteiger partial charge in [0.05, 0.1) is 24.7 Å². The zero-order valence-corrected chi connectivity index (χ0v) is 18.0. The molecular weight excluding hydrogens is 392 g/mol. The Morgan fingerprint density at radius 2 is 1.79 bits per heavy atom. The summed E-state index contributed by atoms with van der Waals surface area (Å²) in [6.45, 7) is 6.23. The van der Waals surface area contributed by atoms with Crippen LogP contribution in [0.3, 0.4) is 0 Å². The molecule has 0 aliphatic carbocycles. The number of carbonyl (C=O) groups excluding carboxylic acids is 1. The van der Waals surface area contributed by atoms with Crippen molar-refractivity contribution in [1.82, 2.24) is 5.32 Å². The van der Waals surface area contributed by atoms with Crippen LogP contribution in [0.4, 0.5) is 5.69 Å². The van der Waals surface area contributed by atoms with Crippen LogP contribution in [-0.2, 0) is 21.4 Å². The maximum Gasteiger partial charge on any atom is 0.241 e. The third-order valence-corrected chi connectivity index (χ3v) is 5.03. The Bertz CT molecular complexity index is 911. The molecule has 0 bridgehead atoms. The Kier molecular flexibility index (Phi) is 7.90. The average molecular weight is 421 g/mol. The molecule has 0 aliphatic rings. The Labute approximate surface area is 172 Å². The molecule has 0 aliphatic heterocycles. The number of benzene rings is 2. The summed E-state index contributed by atoms with van der Waals surface area (Å²) in [4.78, 5) is 12.4. The van der Waals surface area contributed by atoms with Crippen LogP contribution in [0.5, 0.6) is 11.5 Å². The van der Waals surface area contributed by atoms with Crippen molar-refractivity contribution in [2.75, 3.05) is 23.7 Å². The predicted octanol–water partition coefficient (Wildman–Crippen LogP) is 2.95. The van der Waals surface area contributed by atoms with Crippen LogP contribution in [0.1, 0.15) is 26.3 Å². The molecule has 29 heavy (non-hydrogen) atoms. The number of anilines is 1. The molecule has 7 nitrogen and oxygen atoms in total. The van der Waals surface area contributed by atoms with E-state index >= 15 is 0 Å². The van der Waals surface area contributed by atoms with Crippen molar-refractivity contribution in [2.45, 2.75) is 33.4 Å². The minimum Gasteiger partial charge on any atom is -0.494 e. The number of nitrogens with zero attached hydrogens (tertiary/aromatic N) is 1. The van der Waals surface area contributed by atoms with Crippen LogP contribution >= 0.6 is 0 Å². The maximum atomic E-state index is 12.4. The van der Waals surface area contributed by atoms with Gasteiger partial charge in [-0.1, -0.05) is 18.2 Å². The number of rotatable bonds is 10. The highest BCUT2D eigenvalue weighted by molar-refractivity contribution is 7.92. The molecule has 158 valence electrons. The van der Waals surface area contributed by atoms with E-state index in [0.717, 1.165) is 21.9 Å². The second-order valence-electron chi connectivity index (χ2n) is 6.79. The number of nitrogens with one attached hydrogen (secondary N) is 1. The van der Waals surface area contributed by atoms with Gasteiger partial charge in [0.15, 0.2) is 0 Å². The van der Waals surface area contributed by atoms with E-state index in [1.807, 2.05) is 45.0 Å². The lowest BCUT2D eigenvalue weighted by molar-refractivity contribution is -0.119. The van der Waals surface area contributed by atoms with E-state index in [9.17, 15) is 13.2 Å². The topological polar surface area (TPSA) is 84.9 Å². The molecule has 0 spiro atoms. The number of ether oxygens (including phenoxy) is 2. The van der Waals surface area contributed by atoms with E-state index in [-0.39, 0.29) is 12.6 Å². The molecule has 0 atom stereocenters. The molecule has 2 aromatic rings. The van der Waals surface area contributed by atoms with Crippen molar-refractivity contribution in [3.05, 3.63) is 54.1 Å². The van der Waals surface area contributed by atoms with Gasteiger partial charge in [0, 0.05) is 12.6 Å². The molecule has 1 amide bonds. The SMILES string of the molecule is CCOc1ccc(CNC(=O)CN(c2cccc(OC(C)C)c2)S(C)(=O)=O)cc1. The fraction of sp³-hybridized carbons (Fsp3) is 0.381. The quantitative estimate of drug-likeness (QED) is 0.639. The molecule has 8 heteroatoms. The van der Waals surface area contributed by atoms with Gasteiger partial charge in [0.1, 0.15) is 18.0 Å². The van der Waals surface area contributed by atoms with Crippen molar-refractivity contribution < 1.29 is 22.7 Å². The first-order chi connectivity index (χ1) is 13.7. The van der Waals surface area contributed by atoms with Crippen LogP contribution < -0.4 is 19.1 Å². The van der Waals surface area contributed by atoms with Crippen molar-refractivity contribution in [3.63, 3.8) is 0 Å². The predicted molar refractivity (Wildman–Crippen MR) is 114 cm³/mol. The highest BCUT2D eigenvalue weighted by Gasteiger charge is 2.21. The van der Waals surface area contributed by atoms with Gasteiger partial charge in [-0.3, -0.25) is 9.10 Å². The summed E-state index contributed by atoms with van der Waals surface area (Å²) >= 11 is 0. The second-order valence-corrected chi connectivity index (χ2v) is 8.69. The van der Waals surface area contributed by atoms with E-state index in [1.54, 1.807) is 24.3 Å². The Balaban J connectivity index is 2.05. The summed E-state index contributed by atoms with van der Waals surface area (Å²) in [6.07, 6.45) is 1.03. The molecular formula is C21H28N2O5S. The third kappa shape index (κ3) is 7.30. The number of sulfonamides is 1. The first-order valence-electron chi connectivity index (χ1n) is 9.42. The summed E-state index contributed by atoms with van der Waals surface area (Å²) in [6, 6.07) is 14.1. The van der Waals surface area contributed by atoms with Crippen molar-refractivity contribution in [3.8, 4) is 11.5 Å². The number of hydrogen-bond donors (Lipinski definition) is 1. The van der Waals surface area contributed by atoms with Gasteiger partial charge < -0.3 is 14.8 Å². The molecule has 0 saturated carbocycles. The average Bonchev–Trinajstić information content (AvgIpc) is 2.64. The van der Waals surface area contributed by atoms with Crippen LogP contribution in [-0.4, -0.2) is 39.8 Å². The normalized spacial score (nSPS) is 11.2.